The van der Waals surface area contributed by atoms with Gasteiger partial charge in [-0.05, 0) is 65.7 Å². The molecule has 0 aliphatic rings. The molecule has 7 aromatic carbocycles. The van der Waals surface area contributed by atoms with Crippen LogP contribution in [0.1, 0.15) is 0 Å². The van der Waals surface area contributed by atoms with Crippen molar-refractivity contribution in [2.45, 2.75) is 0 Å². The van der Waals surface area contributed by atoms with Crippen LogP contribution in [0.5, 0.6) is 0 Å². The Bertz CT molecular complexity index is 2780. The molecule has 0 saturated carbocycles. The number of aromatic nitrogens is 3. The fraction of sp³-hybridized carbons (Fsp3) is 0. The van der Waals surface area contributed by atoms with Gasteiger partial charge in [-0.1, -0.05) is 109 Å². The number of fused-ring (bicyclic) bond motifs is 7. The predicted octanol–water partition coefficient (Wildman–Crippen LogP) is 11.4. The van der Waals surface area contributed by atoms with Gasteiger partial charge in [0.1, 0.15) is 11.4 Å². The van der Waals surface area contributed by atoms with Crippen LogP contribution in [-0.2, 0) is 0 Å². The minimum Gasteiger partial charge on any atom is -0.453 e. The maximum absolute atomic E-state index is 7.00. The van der Waals surface area contributed by atoms with Gasteiger partial charge in [-0.25, -0.2) is 4.98 Å². The van der Waals surface area contributed by atoms with Crippen LogP contribution in [0, 0.1) is 0 Å². The van der Waals surface area contributed by atoms with Crippen LogP contribution in [0.15, 0.2) is 168 Å². The number of hydrogen-bond donors (Lipinski definition) is 0. The molecule has 0 atom stereocenters. The molecule has 10 rings (SSSR count). The number of hydrogen-bond acceptors (Lipinski definition) is 2. The topological polar surface area (TPSA) is 35.9 Å². The van der Waals surface area contributed by atoms with Gasteiger partial charge in [-0.3, -0.25) is 4.57 Å². The molecule has 0 fully saturated rings. The molecular weight excluding hydrogens is 574 g/mol. The van der Waals surface area contributed by atoms with Crippen molar-refractivity contribution in [1.82, 2.24) is 14.1 Å². The molecule has 0 spiro atoms. The van der Waals surface area contributed by atoms with Crippen LogP contribution in [0.25, 0.3) is 88.7 Å². The lowest BCUT2D eigenvalue weighted by Gasteiger charge is -2.10. The predicted molar refractivity (Wildman–Crippen MR) is 194 cm³/mol. The van der Waals surface area contributed by atoms with Gasteiger partial charge in [0.2, 0.25) is 0 Å². The third-order valence-corrected chi connectivity index (χ3v) is 9.34. The van der Waals surface area contributed by atoms with Crippen molar-refractivity contribution in [3.63, 3.8) is 0 Å². The molecule has 0 unspecified atom stereocenters. The SMILES string of the molecule is c1ccc(-c2ccc3c(c2)c2ccccc2n3-c2cccc3c2oc2c(-c4nc5ccccc5n4-c4ccccc4)cccc23)cc1. The van der Waals surface area contributed by atoms with E-state index >= 15 is 0 Å². The minimum absolute atomic E-state index is 0.828. The van der Waals surface area contributed by atoms with Gasteiger partial charge in [-0.2, -0.15) is 0 Å². The van der Waals surface area contributed by atoms with Gasteiger partial charge in [-0.15, -0.1) is 0 Å². The van der Waals surface area contributed by atoms with E-state index in [1.54, 1.807) is 0 Å². The molecule has 220 valence electrons. The molecule has 0 aliphatic carbocycles. The molecule has 0 bridgehead atoms. The lowest BCUT2D eigenvalue weighted by atomic mass is 10.0. The summed E-state index contributed by atoms with van der Waals surface area (Å²) < 4.78 is 11.6. The first-order valence-electron chi connectivity index (χ1n) is 15.9. The van der Waals surface area contributed by atoms with Crippen LogP contribution in [0.4, 0.5) is 0 Å². The summed E-state index contributed by atoms with van der Waals surface area (Å²) in [4.78, 5) is 5.16. The first-order chi connectivity index (χ1) is 23.3. The summed E-state index contributed by atoms with van der Waals surface area (Å²) in [5.74, 6) is 0.855. The van der Waals surface area contributed by atoms with Crippen molar-refractivity contribution in [3.05, 3.63) is 164 Å². The van der Waals surface area contributed by atoms with Gasteiger partial charge >= 0.3 is 0 Å². The first kappa shape index (κ1) is 25.9. The largest absolute Gasteiger partial charge is 0.453 e. The Morgan fingerprint density at radius 1 is 0.426 bits per heavy atom. The molecule has 47 heavy (non-hydrogen) atoms. The van der Waals surface area contributed by atoms with Crippen molar-refractivity contribution in [2.75, 3.05) is 0 Å². The standard InChI is InChI=1S/C43H27N3O/c1-3-13-28(14-4-1)29-25-26-38-35(27-29)31-17-7-9-22-37(31)46(38)40-24-12-19-33-32-18-11-20-34(41(32)47-42(33)40)43-44-36-21-8-10-23-39(36)45(43)30-15-5-2-6-16-30/h1-27H. The van der Waals surface area contributed by atoms with E-state index in [0.29, 0.717) is 0 Å². The van der Waals surface area contributed by atoms with Crippen molar-refractivity contribution in [2.24, 2.45) is 0 Å². The number of imidazole rings is 1. The Morgan fingerprint density at radius 2 is 1.09 bits per heavy atom. The van der Waals surface area contributed by atoms with E-state index in [-0.39, 0.29) is 0 Å². The molecule has 0 N–H and O–H groups in total. The van der Waals surface area contributed by atoms with Gasteiger partial charge in [0, 0.05) is 27.2 Å². The zero-order chi connectivity index (χ0) is 30.9. The lowest BCUT2D eigenvalue weighted by Crippen LogP contribution is -1.97. The van der Waals surface area contributed by atoms with E-state index in [1.807, 2.05) is 12.1 Å². The average Bonchev–Trinajstić information content (AvgIpc) is 3.82. The highest BCUT2D eigenvalue weighted by atomic mass is 16.3. The van der Waals surface area contributed by atoms with Crippen LogP contribution in [0.3, 0.4) is 0 Å². The summed E-state index contributed by atoms with van der Waals surface area (Å²) in [6, 6.07) is 57.6. The normalized spacial score (nSPS) is 11.8. The highest BCUT2D eigenvalue weighted by Gasteiger charge is 2.22. The Balaban J connectivity index is 1.24. The maximum atomic E-state index is 7.00. The van der Waals surface area contributed by atoms with Crippen LogP contribution in [-0.4, -0.2) is 14.1 Å². The van der Waals surface area contributed by atoms with Crippen LogP contribution in [0.2, 0.25) is 0 Å². The van der Waals surface area contributed by atoms with Gasteiger partial charge in [0.15, 0.2) is 5.58 Å². The molecule has 0 aliphatic heterocycles. The van der Waals surface area contributed by atoms with E-state index < -0.39 is 0 Å². The smallest absolute Gasteiger partial charge is 0.159 e. The summed E-state index contributed by atoms with van der Waals surface area (Å²) in [5, 5.41) is 4.57. The molecule has 4 heteroatoms. The van der Waals surface area contributed by atoms with Crippen LogP contribution >= 0.6 is 0 Å². The molecule has 4 nitrogen and oxygen atoms in total. The van der Waals surface area contributed by atoms with Crippen LogP contribution < -0.4 is 0 Å². The molecule has 0 amide bonds. The number of rotatable bonds is 4. The fourth-order valence-electron chi connectivity index (χ4n) is 7.25. The van der Waals surface area contributed by atoms with Crippen molar-refractivity contribution in [1.29, 1.82) is 0 Å². The van der Waals surface area contributed by atoms with Gasteiger partial charge in [0.05, 0.1) is 33.3 Å². The number of para-hydroxylation sites is 6. The summed E-state index contributed by atoms with van der Waals surface area (Å²) in [5.41, 5.74) is 11.4. The third-order valence-electron chi connectivity index (χ3n) is 9.34. The zero-order valence-corrected chi connectivity index (χ0v) is 25.3. The number of furan rings is 1. The highest BCUT2D eigenvalue weighted by molar-refractivity contribution is 6.15. The van der Waals surface area contributed by atoms with Gasteiger partial charge < -0.3 is 8.98 Å². The number of benzene rings is 7. The molecule has 3 heterocycles. The third kappa shape index (κ3) is 3.85. The summed E-state index contributed by atoms with van der Waals surface area (Å²) in [6.45, 7) is 0. The minimum atomic E-state index is 0.828. The van der Waals surface area contributed by atoms with E-state index in [4.69, 9.17) is 9.40 Å². The van der Waals surface area contributed by atoms with Crippen molar-refractivity contribution in [3.8, 4) is 33.9 Å². The van der Waals surface area contributed by atoms with E-state index in [2.05, 4.69) is 161 Å². The zero-order valence-electron chi connectivity index (χ0n) is 25.3. The molecular formula is C43H27N3O. The summed E-state index contributed by atoms with van der Waals surface area (Å²) in [7, 11) is 0. The Kier molecular flexibility index (Phi) is 5.54. The number of nitrogens with zero attached hydrogens (tertiary/aromatic N) is 3. The molecule has 3 aromatic heterocycles. The van der Waals surface area contributed by atoms with Crippen molar-refractivity contribution >= 4 is 54.8 Å². The van der Waals surface area contributed by atoms with Gasteiger partial charge in [0.25, 0.3) is 0 Å². The molecule has 0 saturated heterocycles. The second kappa shape index (κ2) is 10.1. The quantitative estimate of drug-likeness (QED) is 0.201. The Morgan fingerprint density at radius 3 is 1.94 bits per heavy atom. The van der Waals surface area contributed by atoms with E-state index in [0.717, 1.165) is 66.8 Å². The first-order valence-corrected chi connectivity index (χ1v) is 15.9. The summed E-state index contributed by atoms with van der Waals surface area (Å²) >= 11 is 0. The second-order valence-corrected chi connectivity index (χ2v) is 12.0. The molecule has 0 radical (unpaired) electrons. The van der Waals surface area contributed by atoms with E-state index in [1.165, 1.54) is 21.9 Å². The summed E-state index contributed by atoms with van der Waals surface area (Å²) in [6.07, 6.45) is 0. The fourth-order valence-corrected chi connectivity index (χ4v) is 7.25. The highest BCUT2D eigenvalue weighted by Crippen LogP contribution is 2.42. The van der Waals surface area contributed by atoms with E-state index in [9.17, 15) is 0 Å². The second-order valence-electron chi connectivity index (χ2n) is 12.0. The molecule has 10 aromatic rings. The Hall–Kier alpha value is -6.39. The van der Waals surface area contributed by atoms with Crippen molar-refractivity contribution < 1.29 is 4.42 Å². The Labute approximate surface area is 270 Å². The monoisotopic (exact) mass is 601 g/mol. The average molecular weight is 602 g/mol. The lowest BCUT2D eigenvalue weighted by molar-refractivity contribution is 0.667. The maximum Gasteiger partial charge on any atom is 0.159 e.